The molecule has 8 heteroatoms. The molecule has 0 aliphatic rings. The molecule has 0 saturated carbocycles. The Kier molecular flexibility index (Phi) is 6.85. The second-order valence-corrected chi connectivity index (χ2v) is 6.40. The Hall–Kier alpha value is -4.33. The number of hydrogen-bond donors (Lipinski definition) is 3. The number of carboxylic acid groups (broad SMARTS) is 1. The van der Waals surface area contributed by atoms with E-state index in [9.17, 15) is 14.4 Å². The molecule has 0 aliphatic carbocycles. The molecule has 0 aromatic heterocycles. The lowest BCUT2D eigenvalue weighted by Crippen LogP contribution is -2.22. The zero-order chi connectivity index (χ0) is 22.2. The molecule has 3 N–H and O–H groups in total. The molecule has 0 fully saturated rings. The Labute approximate surface area is 178 Å². The van der Waals surface area contributed by atoms with E-state index in [1.807, 2.05) is 0 Å². The van der Waals surface area contributed by atoms with Gasteiger partial charge in [-0.25, -0.2) is 4.79 Å². The van der Waals surface area contributed by atoms with Crippen LogP contribution in [0.4, 0.5) is 11.4 Å². The summed E-state index contributed by atoms with van der Waals surface area (Å²) < 4.78 is 10.6. The maximum atomic E-state index is 12.7. The summed E-state index contributed by atoms with van der Waals surface area (Å²) in [6.07, 6.45) is 0. The lowest BCUT2D eigenvalue weighted by Gasteiger charge is -2.12. The van der Waals surface area contributed by atoms with E-state index in [-0.39, 0.29) is 17.7 Å². The normalized spacial score (nSPS) is 10.1. The third kappa shape index (κ3) is 5.83. The fourth-order valence-electron chi connectivity index (χ4n) is 2.71. The number of ether oxygens (including phenoxy) is 2. The standard InChI is InChI=1S/C23H20N2O6/c1-30-17-5-4-6-18(13-17)31-14-21(26)25-20-8-3-2-7-19(20)22(27)24-16-11-9-15(10-12-16)23(28)29/h2-13H,14H2,1H3,(H,24,27)(H,25,26)(H,28,29). The molecular formula is C23H20N2O6. The number of amides is 2. The topological polar surface area (TPSA) is 114 Å². The van der Waals surface area contributed by atoms with E-state index in [1.54, 1.807) is 48.5 Å². The number of carbonyl (C=O) groups is 3. The van der Waals surface area contributed by atoms with Crippen molar-refractivity contribution in [2.75, 3.05) is 24.4 Å². The van der Waals surface area contributed by atoms with E-state index in [2.05, 4.69) is 10.6 Å². The minimum absolute atomic E-state index is 0.113. The van der Waals surface area contributed by atoms with Crippen LogP contribution in [0.15, 0.2) is 72.8 Å². The van der Waals surface area contributed by atoms with Crippen LogP contribution in [0.2, 0.25) is 0 Å². The number of methoxy groups -OCH3 is 1. The molecule has 0 aliphatic heterocycles. The van der Waals surface area contributed by atoms with Crippen molar-refractivity contribution in [2.45, 2.75) is 0 Å². The Balaban J connectivity index is 1.64. The summed E-state index contributed by atoms with van der Waals surface area (Å²) in [7, 11) is 1.54. The molecule has 3 aromatic carbocycles. The summed E-state index contributed by atoms with van der Waals surface area (Å²) in [5.41, 5.74) is 1.11. The van der Waals surface area contributed by atoms with Crippen molar-refractivity contribution >= 4 is 29.2 Å². The van der Waals surface area contributed by atoms with Gasteiger partial charge in [-0.2, -0.15) is 0 Å². The average molecular weight is 420 g/mol. The Bertz CT molecular complexity index is 1100. The van der Waals surface area contributed by atoms with Gasteiger partial charge in [0.1, 0.15) is 11.5 Å². The van der Waals surface area contributed by atoms with E-state index in [0.717, 1.165) is 0 Å². The van der Waals surface area contributed by atoms with Crippen LogP contribution in [0.3, 0.4) is 0 Å². The summed E-state index contributed by atoms with van der Waals surface area (Å²) in [4.78, 5) is 35.9. The first kappa shape index (κ1) is 21.4. The third-order valence-corrected chi connectivity index (χ3v) is 4.25. The molecule has 0 atom stereocenters. The lowest BCUT2D eigenvalue weighted by atomic mass is 10.1. The summed E-state index contributed by atoms with van der Waals surface area (Å²) in [6.45, 7) is -0.250. The molecule has 0 unspecified atom stereocenters. The monoisotopic (exact) mass is 420 g/mol. The SMILES string of the molecule is COc1cccc(OCC(=O)Nc2ccccc2C(=O)Nc2ccc(C(=O)O)cc2)c1. The van der Waals surface area contributed by atoms with Crippen LogP contribution in [0.25, 0.3) is 0 Å². The highest BCUT2D eigenvalue weighted by atomic mass is 16.5. The van der Waals surface area contributed by atoms with Gasteiger partial charge in [-0.1, -0.05) is 18.2 Å². The molecule has 3 aromatic rings. The van der Waals surface area contributed by atoms with Gasteiger partial charge in [0.05, 0.1) is 23.9 Å². The first-order chi connectivity index (χ1) is 15.0. The van der Waals surface area contributed by atoms with Gasteiger partial charge < -0.3 is 25.2 Å². The van der Waals surface area contributed by atoms with Crippen molar-refractivity contribution in [1.82, 2.24) is 0 Å². The molecule has 2 amide bonds. The number of anilines is 2. The van der Waals surface area contributed by atoms with Crippen LogP contribution in [0.1, 0.15) is 20.7 Å². The third-order valence-electron chi connectivity index (χ3n) is 4.25. The van der Waals surface area contributed by atoms with Gasteiger partial charge in [-0.05, 0) is 48.5 Å². The maximum Gasteiger partial charge on any atom is 0.335 e. The molecule has 0 radical (unpaired) electrons. The van der Waals surface area contributed by atoms with Gasteiger partial charge in [0, 0.05) is 11.8 Å². The minimum Gasteiger partial charge on any atom is -0.497 e. The number of para-hydroxylation sites is 1. The van der Waals surface area contributed by atoms with E-state index in [1.165, 1.54) is 31.4 Å². The van der Waals surface area contributed by atoms with E-state index >= 15 is 0 Å². The van der Waals surface area contributed by atoms with Crippen LogP contribution in [-0.2, 0) is 4.79 Å². The van der Waals surface area contributed by atoms with Gasteiger partial charge >= 0.3 is 5.97 Å². The number of nitrogens with one attached hydrogen (secondary N) is 2. The van der Waals surface area contributed by atoms with Crippen molar-refractivity contribution in [1.29, 1.82) is 0 Å². The van der Waals surface area contributed by atoms with Crippen LogP contribution < -0.4 is 20.1 Å². The van der Waals surface area contributed by atoms with E-state index in [0.29, 0.717) is 22.9 Å². The van der Waals surface area contributed by atoms with Gasteiger partial charge in [0.2, 0.25) is 0 Å². The fourth-order valence-corrected chi connectivity index (χ4v) is 2.71. The first-order valence-corrected chi connectivity index (χ1v) is 9.26. The molecular weight excluding hydrogens is 400 g/mol. The highest BCUT2D eigenvalue weighted by molar-refractivity contribution is 6.10. The van der Waals surface area contributed by atoms with Crippen LogP contribution in [0.5, 0.6) is 11.5 Å². The number of carboxylic acids is 1. The highest BCUT2D eigenvalue weighted by Gasteiger charge is 2.14. The van der Waals surface area contributed by atoms with Crippen molar-refractivity contribution in [3.63, 3.8) is 0 Å². The molecule has 158 valence electrons. The molecule has 0 bridgehead atoms. The molecule has 0 saturated heterocycles. The van der Waals surface area contributed by atoms with Crippen molar-refractivity contribution < 1.29 is 29.0 Å². The van der Waals surface area contributed by atoms with E-state index < -0.39 is 17.8 Å². The number of hydrogen-bond acceptors (Lipinski definition) is 5. The largest absolute Gasteiger partial charge is 0.497 e. The highest BCUT2D eigenvalue weighted by Crippen LogP contribution is 2.20. The number of carbonyl (C=O) groups excluding carboxylic acids is 2. The maximum absolute atomic E-state index is 12.7. The van der Waals surface area contributed by atoms with Crippen LogP contribution in [0, 0.1) is 0 Å². The van der Waals surface area contributed by atoms with Gasteiger partial charge in [-0.15, -0.1) is 0 Å². The summed E-state index contributed by atoms with van der Waals surface area (Å²) in [5, 5.41) is 14.3. The van der Waals surface area contributed by atoms with Gasteiger partial charge in [0.15, 0.2) is 6.61 Å². The molecule has 0 spiro atoms. The van der Waals surface area contributed by atoms with Crippen molar-refractivity contribution in [2.24, 2.45) is 0 Å². The smallest absolute Gasteiger partial charge is 0.335 e. The predicted octanol–water partition coefficient (Wildman–Crippen LogP) is 3.66. The summed E-state index contributed by atoms with van der Waals surface area (Å²) in [6, 6.07) is 19.2. The second kappa shape index (κ2) is 9.93. The van der Waals surface area contributed by atoms with Crippen LogP contribution in [-0.4, -0.2) is 36.6 Å². The van der Waals surface area contributed by atoms with Gasteiger partial charge in [0.25, 0.3) is 11.8 Å². The van der Waals surface area contributed by atoms with Gasteiger partial charge in [-0.3, -0.25) is 9.59 Å². The fraction of sp³-hybridized carbons (Fsp3) is 0.0870. The molecule has 8 nitrogen and oxygen atoms in total. The van der Waals surface area contributed by atoms with E-state index in [4.69, 9.17) is 14.6 Å². The Morgan fingerprint density at radius 1 is 0.871 bits per heavy atom. The lowest BCUT2D eigenvalue weighted by molar-refractivity contribution is -0.118. The first-order valence-electron chi connectivity index (χ1n) is 9.26. The zero-order valence-electron chi connectivity index (χ0n) is 16.6. The quantitative estimate of drug-likeness (QED) is 0.512. The summed E-state index contributed by atoms with van der Waals surface area (Å²) in [5.74, 6) is -0.856. The summed E-state index contributed by atoms with van der Waals surface area (Å²) >= 11 is 0. The number of rotatable bonds is 8. The zero-order valence-corrected chi connectivity index (χ0v) is 16.6. The molecule has 0 heterocycles. The number of aromatic carboxylic acids is 1. The molecule has 31 heavy (non-hydrogen) atoms. The average Bonchev–Trinajstić information content (AvgIpc) is 2.78. The van der Waals surface area contributed by atoms with Crippen LogP contribution >= 0.6 is 0 Å². The minimum atomic E-state index is -1.05. The molecule has 3 rings (SSSR count). The second-order valence-electron chi connectivity index (χ2n) is 6.40. The van der Waals surface area contributed by atoms with Crippen molar-refractivity contribution in [3.05, 3.63) is 83.9 Å². The Morgan fingerprint density at radius 2 is 1.58 bits per heavy atom. The van der Waals surface area contributed by atoms with Crippen molar-refractivity contribution in [3.8, 4) is 11.5 Å². The number of benzene rings is 3. The Morgan fingerprint density at radius 3 is 2.29 bits per heavy atom. The predicted molar refractivity (Wildman–Crippen MR) is 115 cm³/mol.